The van der Waals surface area contributed by atoms with Gasteiger partial charge < -0.3 is 25.4 Å². The number of nitrogens with two attached hydrogens (primary N) is 1. The third-order valence-corrected chi connectivity index (χ3v) is 4.52. The molecule has 0 aromatic heterocycles. The second-order valence-electron chi connectivity index (χ2n) is 6.54. The van der Waals surface area contributed by atoms with Crippen molar-refractivity contribution in [3.8, 4) is 11.5 Å². The fraction of sp³-hybridized carbons (Fsp3) is 0.333. The van der Waals surface area contributed by atoms with Crippen molar-refractivity contribution in [2.75, 3.05) is 31.6 Å². The minimum absolute atomic E-state index is 0. The molecule has 0 spiro atoms. The van der Waals surface area contributed by atoms with Crippen LogP contribution in [0.4, 0.5) is 5.69 Å². The Balaban J connectivity index is 0.00000300. The molecule has 0 aliphatic carbocycles. The summed E-state index contributed by atoms with van der Waals surface area (Å²) in [6, 6.07) is 14.3. The molecule has 1 aliphatic rings. The first-order valence-corrected chi connectivity index (χ1v) is 9.34. The largest absolute Gasteiger partial charge is 0.486 e. The van der Waals surface area contributed by atoms with Gasteiger partial charge >= 0.3 is 0 Å². The highest BCUT2D eigenvalue weighted by Gasteiger charge is 2.20. The summed E-state index contributed by atoms with van der Waals surface area (Å²) in [5.74, 6) is 0.821. The van der Waals surface area contributed by atoms with Crippen LogP contribution >= 0.6 is 12.4 Å². The van der Waals surface area contributed by atoms with E-state index in [9.17, 15) is 9.59 Å². The van der Waals surface area contributed by atoms with Crippen molar-refractivity contribution in [2.45, 2.75) is 19.4 Å². The number of benzene rings is 2. The zero-order valence-electron chi connectivity index (χ0n) is 16.3. The van der Waals surface area contributed by atoms with Crippen molar-refractivity contribution in [1.82, 2.24) is 4.90 Å². The van der Waals surface area contributed by atoms with Crippen LogP contribution in [-0.2, 0) is 9.59 Å². The molecule has 8 heteroatoms. The standard InChI is InChI=1S/C21H25N3O4.ClH/c1-2-24(21(26)13-17(22)15-6-4-3-5-7-15)14-20(25)23-16-8-9-18-19(12-16)28-11-10-27-18;/h3-9,12,17H,2,10-11,13-14,22H2,1H3,(H,23,25);1H. The van der Waals surface area contributed by atoms with Crippen LogP contribution in [0.5, 0.6) is 11.5 Å². The lowest BCUT2D eigenvalue weighted by atomic mass is 10.0. The van der Waals surface area contributed by atoms with Crippen LogP contribution in [0.25, 0.3) is 0 Å². The van der Waals surface area contributed by atoms with E-state index in [-0.39, 0.29) is 37.2 Å². The van der Waals surface area contributed by atoms with E-state index >= 15 is 0 Å². The van der Waals surface area contributed by atoms with Gasteiger partial charge in [0.05, 0.1) is 6.54 Å². The van der Waals surface area contributed by atoms with Crippen LogP contribution in [0.1, 0.15) is 24.9 Å². The van der Waals surface area contributed by atoms with Crippen LogP contribution in [0, 0.1) is 0 Å². The van der Waals surface area contributed by atoms with Crippen molar-refractivity contribution >= 4 is 29.9 Å². The van der Waals surface area contributed by atoms with Crippen molar-refractivity contribution in [3.63, 3.8) is 0 Å². The number of anilines is 1. The molecule has 2 amide bonds. The predicted octanol–water partition coefficient (Wildman–Crippen LogP) is 2.76. The third kappa shape index (κ3) is 6.10. The lowest BCUT2D eigenvalue weighted by Crippen LogP contribution is -2.39. The lowest BCUT2D eigenvalue weighted by molar-refractivity contribution is -0.134. The van der Waals surface area contributed by atoms with E-state index in [4.69, 9.17) is 15.2 Å². The molecule has 2 aromatic carbocycles. The second-order valence-corrected chi connectivity index (χ2v) is 6.54. The quantitative estimate of drug-likeness (QED) is 0.719. The Hall–Kier alpha value is -2.77. The van der Waals surface area contributed by atoms with E-state index in [0.29, 0.717) is 36.9 Å². The van der Waals surface area contributed by atoms with Crippen LogP contribution in [0.3, 0.4) is 0 Å². The van der Waals surface area contributed by atoms with Gasteiger partial charge in [-0.25, -0.2) is 0 Å². The summed E-state index contributed by atoms with van der Waals surface area (Å²) < 4.78 is 11.0. The molecule has 1 unspecified atom stereocenters. The van der Waals surface area contributed by atoms with E-state index in [1.807, 2.05) is 37.3 Å². The molecule has 156 valence electrons. The summed E-state index contributed by atoms with van der Waals surface area (Å²) in [6.07, 6.45) is 0.148. The maximum Gasteiger partial charge on any atom is 0.243 e. The Morgan fingerprint density at radius 3 is 2.48 bits per heavy atom. The molecular weight excluding hydrogens is 394 g/mol. The smallest absolute Gasteiger partial charge is 0.243 e. The molecule has 0 bridgehead atoms. The molecule has 1 heterocycles. The first-order chi connectivity index (χ1) is 13.6. The molecule has 29 heavy (non-hydrogen) atoms. The second kappa shape index (κ2) is 10.7. The van der Waals surface area contributed by atoms with Crippen LogP contribution in [-0.4, -0.2) is 43.0 Å². The van der Waals surface area contributed by atoms with E-state index in [0.717, 1.165) is 5.56 Å². The van der Waals surface area contributed by atoms with Gasteiger partial charge in [-0.15, -0.1) is 12.4 Å². The highest BCUT2D eigenvalue weighted by Crippen LogP contribution is 2.32. The number of likely N-dealkylation sites (N-methyl/N-ethyl adjacent to an activating group) is 1. The van der Waals surface area contributed by atoms with Gasteiger partial charge in [0.15, 0.2) is 11.5 Å². The minimum atomic E-state index is -0.399. The van der Waals surface area contributed by atoms with Crippen LogP contribution in [0.15, 0.2) is 48.5 Å². The Morgan fingerprint density at radius 2 is 1.79 bits per heavy atom. The fourth-order valence-electron chi connectivity index (χ4n) is 3.01. The van der Waals surface area contributed by atoms with Gasteiger partial charge in [-0.3, -0.25) is 9.59 Å². The Kier molecular flexibility index (Phi) is 8.30. The maximum atomic E-state index is 12.6. The number of fused-ring (bicyclic) bond motifs is 1. The summed E-state index contributed by atoms with van der Waals surface area (Å²) in [7, 11) is 0. The number of halogens is 1. The average molecular weight is 420 g/mol. The number of rotatable bonds is 7. The number of hydrogen-bond acceptors (Lipinski definition) is 5. The van der Waals surface area contributed by atoms with Crippen molar-refractivity contribution in [1.29, 1.82) is 0 Å². The molecule has 1 atom stereocenters. The number of hydrogen-bond donors (Lipinski definition) is 2. The molecule has 0 saturated heterocycles. The fourth-order valence-corrected chi connectivity index (χ4v) is 3.01. The van der Waals surface area contributed by atoms with Crippen LogP contribution < -0.4 is 20.5 Å². The molecule has 0 fully saturated rings. The Labute approximate surface area is 176 Å². The summed E-state index contributed by atoms with van der Waals surface area (Å²) in [4.78, 5) is 26.5. The molecule has 3 rings (SSSR count). The number of nitrogens with one attached hydrogen (secondary N) is 1. The van der Waals surface area contributed by atoms with Gasteiger partial charge in [0.1, 0.15) is 13.2 Å². The van der Waals surface area contributed by atoms with E-state index in [1.54, 1.807) is 18.2 Å². The number of amides is 2. The van der Waals surface area contributed by atoms with Crippen molar-refractivity contribution < 1.29 is 19.1 Å². The molecule has 3 N–H and O–H groups in total. The van der Waals surface area contributed by atoms with Gasteiger partial charge in [0.25, 0.3) is 0 Å². The first-order valence-electron chi connectivity index (χ1n) is 9.34. The first kappa shape index (κ1) is 22.5. The topological polar surface area (TPSA) is 93.9 Å². The maximum absolute atomic E-state index is 12.6. The number of nitrogens with zero attached hydrogens (tertiary/aromatic N) is 1. The number of carbonyl (C=O) groups is 2. The van der Waals surface area contributed by atoms with Gasteiger partial charge in [-0.05, 0) is 24.6 Å². The normalized spacial score (nSPS) is 13.0. The van der Waals surface area contributed by atoms with Crippen LogP contribution in [0.2, 0.25) is 0 Å². The molecule has 7 nitrogen and oxygen atoms in total. The van der Waals surface area contributed by atoms with Gasteiger partial charge in [0.2, 0.25) is 11.8 Å². The molecule has 0 radical (unpaired) electrons. The molecule has 2 aromatic rings. The third-order valence-electron chi connectivity index (χ3n) is 4.52. The average Bonchev–Trinajstić information content (AvgIpc) is 2.72. The zero-order chi connectivity index (χ0) is 19.9. The van der Waals surface area contributed by atoms with Crippen molar-refractivity contribution in [2.24, 2.45) is 5.73 Å². The lowest BCUT2D eigenvalue weighted by Gasteiger charge is -2.23. The van der Waals surface area contributed by atoms with Gasteiger partial charge in [-0.2, -0.15) is 0 Å². The Bertz CT molecular complexity index is 832. The Morgan fingerprint density at radius 1 is 1.10 bits per heavy atom. The molecule has 0 saturated carbocycles. The van der Waals surface area contributed by atoms with Gasteiger partial charge in [-0.1, -0.05) is 30.3 Å². The summed E-state index contributed by atoms with van der Waals surface area (Å²) >= 11 is 0. The number of carbonyl (C=O) groups excluding carboxylic acids is 2. The summed E-state index contributed by atoms with van der Waals surface area (Å²) in [6.45, 7) is 3.21. The number of ether oxygens (including phenoxy) is 2. The summed E-state index contributed by atoms with van der Waals surface area (Å²) in [5, 5.41) is 2.80. The van der Waals surface area contributed by atoms with E-state index < -0.39 is 6.04 Å². The summed E-state index contributed by atoms with van der Waals surface area (Å²) in [5.41, 5.74) is 7.63. The minimum Gasteiger partial charge on any atom is -0.486 e. The van der Waals surface area contributed by atoms with Crippen molar-refractivity contribution in [3.05, 3.63) is 54.1 Å². The van der Waals surface area contributed by atoms with E-state index in [1.165, 1.54) is 4.90 Å². The predicted molar refractivity (Wildman–Crippen MR) is 114 cm³/mol. The van der Waals surface area contributed by atoms with Gasteiger partial charge in [0, 0.05) is 30.8 Å². The molecular formula is C21H26ClN3O4. The SMILES string of the molecule is CCN(CC(=O)Nc1ccc2c(c1)OCCO2)C(=O)CC(N)c1ccccc1.Cl. The highest BCUT2D eigenvalue weighted by molar-refractivity contribution is 5.94. The highest BCUT2D eigenvalue weighted by atomic mass is 35.5. The molecule has 1 aliphatic heterocycles. The zero-order valence-corrected chi connectivity index (χ0v) is 17.1. The van der Waals surface area contributed by atoms with E-state index in [2.05, 4.69) is 5.32 Å². The monoisotopic (exact) mass is 419 g/mol.